The summed E-state index contributed by atoms with van der Waals surface area (Å²) in [6.45, 7) is 8.75. The number of esters is 1. The molecule has 0 unspecified atom stereocenters. The van der Waals surface area contributed by atoms with Gasteiger partial charge < -0.3 is 14.8 Å². The van der Waals surface area contributed by atoms with Gasteiger partial charge in [-0.3, -0.25) is 14.6 Å². The van der Waals surface area contributed by atoms with Gasteiger partial charge in [-0.2, -0.15) is 0 Å². The SMILES string of the molecule is CCOC(=O)c1sc(NC(=O)CN2CCN(Cc3ccc(OC)cc3)CC2)cc1C. The summed E-state index contributed by atoms with van der Waals surface area (Å²) in [6, 6.07) is 9.96. The van der Waals surface area contributed by atoms with Crippen LogP contribution in [0.1, 0.15) is 27.7 Å². The maximum Gasteiger partial charge on any atom is 0.348 e. The molecule has 1 aromatic carbocycles. The number of anilines is 1. The van der Waals surface area contributed by atoms with Crippen LogP contribution in [0.3, 0.4) is 0 Å². The first kappa shape index (κ1) is 22.3. The molecule has 1 aromatic heterocycles. The topological polar surface area (TPSA) is 71.1 Å². The Morgan fingerprint density at radius 1 is 1.10 bits per heavy atom. The third-order valence-corrected chi connectivity index (χ3v) is 6.17. The predicted molar refractivity (Wildman–Crippen MR) is 118 cm³/mol. The Morgan fingerprint density at radius 3 is 2.40 bits per heavy atom. The molecule has 0 aliphatic carbocycles. The highest BCUT2D eigenvalue weighted by Gasteiger charge is 2.20. The van der Waals surface area contributed by atoms with Crippen molar-refractivity contribution < 1.29 is 19.1 Å². The zero-order valence-corrected chi connectivity index (χ0v) is 18.6. The maximum absolute atomic E-state index is 12.4. The molecule has 0 bridgehead atoms. The average Bonchev–Trinajstić information content (AvgIpc) is 3.10. The van der Waals surface area contributed by atoms with Gasteiger partial charge in [0.2, 0.25) is 5.91 Å². The number of aryl methyl sites for hydroxylation is 1. The molecule has 2 aromatic rings. The van der Waals surface area contributed by atoms with E-state index in [1.54, 1.807) is 14.0 Å². The Kier molecular flexibility index (Phi) is 7.84. The average molecular weight is 432 g/mol. The molecule has 1 N–H and O–H groups in total. The molecular weight excluding hydrogens is 402 g/mol. The molecule has 1 aliphatic heterocycles. The van der Waals surface area contributed by atoms with Gasteiger partial charge in [-0.05, 0) is 43.2 Å². The van der Waals surface area contributed by atoms with Crippen molar-refractivity contribution in [2.24, 2.45) is 0 Å². The first-order chi connectivity index (χ1) is 14.5. The van der Waals surface area contributed by atoms with Crippen LogP contribution in [0.25, 0.3) is 0 Å². The lowest BCUT2D eigenvalue weighted by atomic mass is 10.2. The van der Waals surface area contributed by atoms with Crippen LogP contribution in [-0.2, 0) is 16.1 Å². The molecule has 8 heteroatoms. The smallest absolute Gasteiger partial charge is 0.348 e. The Hall–Kier alpha value is -2.42. The second-order valence-corrected chi connectivity index (χ2v) is 8.34. The highest BCUT2D eigenvalue weighted by Crippen LogP contribution is 2.27. The summed E-state index contributed by atoms with van der Waals surface area (Å²) in [7, 11) is 1.67. The molecule has 1 fully saturated rings. The Balaban J connectivity index is 1.44. The molecule has 0 radical (unpaired) electrons. The highest BCUT2D eigenvalue weighted by atomic mass is 32.1. The van der Waals surface area contributed by atoms with E-state index in [2.05, 4.69) is 27.2 Å². The molecular formula is C22H29N3O4S. The van der Waals surface area contributed by atoms with Gasteiger partial charge in [0, 0.05) is 32.7 Å². The van der Waals surface area contributed by atoms with E-state index in [4.69, 9.17) is 9.47 Å². The number of nitrogens with one attached hydrogen (secondary N) is 1. The van der Waals surface area contributed by atoms with Crippen molar-refractivity contribution >= 4 is 28.2 Å². The molecule has 1 saturated heterocycles. The van der Waals surface area contributed by atoms with E-state index in [-0.39, 0.29) is 11.9 Å². The van der Waals surface area contributed by atoms with Gasteiger partial charge in [0.1, 0.15) is 10.6 Å². The molecule has 2 heterocycles. The predicted octanol–water partition coefficient (Wildman–Crippen LogP) is 3.00. The number of carbonyl (C=O) groups excluding carboxylic acids is 2. The van der Waals surface area contributed by atoms with Crippen molar-refractivity contribution in [1.82, 2.24) is 9.80 Å². The normalized spacial score (nSPS) is 15.0. The van der Waals surface area contributed by atoms with E-state index in [1.165, 1.54) is 16.9 Å². The minimum Gasteiger partial charge on any atom is -0.497 e. The monoisotopic (exact) mass is 431 g/mol. The number of carbonyl (C=O) groups is 2. The van der Waals surface area contributed by atoms with Gasteiger partial charge in [0.25, 0.3) is 0 Å². The number of amides is 1. The van der Waals surface area contributed by atoms with Crippen LogP contribution in [0.2, 0.25) is 0 Å². The summed E-state index contributed by atoms with van der Waals surface area (Å²) in [5.74, 6) is 0.466. The van der Waals surface area contributed by atoms with Crippen molar-refractivity contribution in [2.75, 3.05) is 51.8 Å². The van der Waals surface area contributed by atoms with Gasteiger partial charge in [-0.1, -0.05) is 12.1 Å². The van der Waals surface area contributed by atoms with E-state index >= 15 is 0 Å². The second-order valence-electron chi connectivity index (χ2n) is 7.29. The molecule has 1 amide bonds. The van der Waals surface area contributed by atoms with Gasteiger partial charge in [0.05, 0.1) is 25.3 Å². The summed E-state index contributed by atoms with van der Waals surface area (Å²) in [5.41, 5.74) is 2.08. The molecule has 0 saturated carbocycles. The van der Waals surface area contributed by atoms with Crippen molar-refractivity contribution in [2.45, 2.75) is 20.4 Å². The first-order valence-electron chi connectivity index (χ1n) is 10.1. The van der Waals surface area contributed by atoms with Crippen LogP contribution in [0.15, 0.2) is 30.3 Å². The lowest BCUT2D eigenvalue weighted by Crippen LogP contribution is -2.48. The molecule has 7 nitrogen and oxygen atoms in total. The summed E-state index contributed by atoms with van der Waals surface area (Å²) in [6.07, 6.45) is 0. The minimum atomic E-state index is -0.339. The Labute approximate surface area is 181 Å². The fourth-order valence-corrected chi connectivity index (χ4v) is 4.40. The lowest BCUT2D eigenvalue weighted by Gasteiger charge is -2.34. The number of nitrogens with zero attached hydrogens (tertiary/aromatic N) is 2. The maximum atomic E-state index is 12.4. The molecule has 0 spiro atoms. The molecule has 1 aliphatic rings. The van der Waals surface area contributed by atoms with Crippen molar-refractivity contribution in [3.05, 3.63) is 46.3 Å². The van der Waals surface area contributed by atoms with Gasteiger partial charge >= 0.3 is 5.97 Å². The van der Waals surface area contributed by atoms with E-state index < -0.39 is 0 Å². The zero-order chi connectivity index (χ0) is 21.5. The summed E-state index contributed by atoms with van der Waals surface area (Å²) in [4.78, 5) is 29.5. The quantitative estimate of drug-likeness (QED) is 0.648. The van der Waals surface area contributed by atoms with Crippen LogP contribution >= 0.6 is 11.3 Å². The fourth-order valence-electron chi connectivity index (χ4n) is 3.42. The van der Waals surface area contributed by atoms with Crippen LogP contribution < -0.4 is 10.1 Å². The Morgan fingerprint density at radius 2 is 1.77 bits per heavy atom. The first-order valence-corrected chi connectivity index (χ1v) is 10.9. The van der Waals surface area contributed by atoms with Gasteiger partial charge in [0.15, 0.2) is 0 Å². The zero-order valence-electron chi connectivity index (χ0n) is 17.8. The molecule has 3 rings (SSSR count). The molecule has 0 atom stereocenters. The Bertz CT molecular complexity index is 858. The van der Waals surface area contributed by atoms with E-state index in [9.17, 15) is 9.59 Å². The van der Waals surface area contributed by atoms with Crippen LogP contribution in [0.5, 0.6) is 5.75 Å². The minimum absolute atomic E-state index is 0.0599. The van der Waals surface area contributed by atoms with Gasteiger partial charge in [-0.25, -0.2) is 4.79 Å². The second kappa shape index (κ2) is 10.6. The number of hydrogen-bond donors (Lipinski definition) is 1. The standard InChI is InChI=1S/C22H29N3O4S/c1-4-29-22(27)21-16(2)13-20(30-21)23-19(26)15-25-11-9-24(10-12-25)14-17-5-7-18(28-3)8-6-17/h5-8,13H,4,9-12,14-15H2,1-3H3,(H,23,26). The van der Waals surface area contributed by atoms with Crippen molar-refractivity contribution in [1.29, 1.82) is 0 Å². The third-order valence-electron chi connectivity index (χ3n) is 5.04. The molecule has 30 heavy (non-hydrogen) atoms. The number of thiophene rings is 1. The van der Waals surface area contributed by atoms with Crippen LogP contribution in [0.4, 0.5) is 5.00 Å². The van der Waals surface area contributed by atoms with E-state index in [1.807, 2.05) is 25.1 Å². The van der Waals surface area contributed by atoms with Crippen LogP contribution in [0, 0.1) is 6.92 Å². The van der Waals surface area contributed by atoms with Gasteiger partial charge in [-0.15, -0.1) is 11.3 Å². The largest absolute Gasteiger partial charge is 0.497 e. The van der Waals surface area contributed by atoms with Crippen molar-refractivity contribution in [3.63, 3.8) is 0 Å². The summed E-state index contributed by atoms with van der Waals surface area (Å²) in [5, 5.41) is 3.59. The fraction of sp³-hybridized carbons (Fsp3) is 0.455. The number of benzene rings is 1. The number of hydrogen-bond acceptors (Lipinski definition) is 7. The van der Waals surface area contributed by atoms with E-state index in [0.29, 0.717) is 23.0 Å². The van der Waals surface area contributed by atoms with Crippen molar-refractivity contribution in [3.8, 4) is 5.75 Å². The third kappa shape index (κ3) is 6.04. The number of rotatable bonds is 8. The number of ether oxygens (including phenoxy) is 2. The number of methoxy groups -OCH3 is 1. The summed E-state index contributed by atoms with van der Waals surface area (Å²) < 4.78 is 10.3. The van der Waals surface area contributed by atoms with E-state index in [0.717, 1.165) is 44.0 Å². The number of piperazine rings is 1. The van der Waals surface area contributed by atoms with Crippen LogP contribution in [-0.4, -0.2) is 68.1 Å². The molecule has 162 valence electrons. The summed E-state index contributed by atoms with van der Waals surface area (Å²) >= 11 is 1.26. The lowest BCUT2D eigenvalue weighted by molar-refractivity contribution is -0.117. The highest BCUT2D eigenvalue weighted by molar-refractivity contribution is 7.18.